The zero-order valence-corrected chi connectivity index (χ0v) is 7.33. The van der Waals surface area contributed by atoms with Gasteiger partial charge in [-0.05, 0) is 19.8 Å². The highest BCUT2D eigenvalue weighted by Gasteiger charge is 1.92. The molecule has 0 N–H and O–H groups in total. The van der Waals surface area contributed by atoms with Crippen LogP contribution in [-0.4, -0.2) is 27.8 Å². The highest BCUT2D eigenvalue weighted by atomic mass is 31.1. The summed E-state index contributed by atoms with van der Waals surface area (Å²) in [5.74, 6) is 0. The first kappa shape index (κ1) is 7.67. The highest BCUT2D eigenvalue weighted by molar-refractivity contribution is 7.36. The molecule has 0 aliphatic heterocycles. The lowest BCUT2D eigenvalue weighted by Crippen LogP contribution is -2.03. The molecule has 0 aromatic carbocycles. The van der Waals surface area contributed by atoms with Crippen LogP contribution in [0.3, 0.4) is 0 Å². The molecule has 10 heavy (non-hydrogen) atoms. The lowest BCUT2D eigenvalue weighted by atomic mass is 10.6. The van der Waals surface area contributed by atoms with E-state index in [1.807, 2.05) is 6.92 Å². The van der Waals surface area contributed by atoms with Crippen molar-refractivity contribution < 1.29 is 0 Å². The highest BCUT2D eigenvalue weighted by Crippen LogP contribution is 2.01. The second kappa shape index (κ2) is 3.67. The van der Waals surface area contributed by atoms with Crippen molar-refractivity contribution in [1.82, 2.24) is 15.0 Å². The Morgan fingerprint density at radius 1 is 1.70 bits per heavy atom. The quantitative estimate of drug-likeness (QED) is 0.610. The van der Waals surface area contributed by atoms with E-state index in [0.717, 1.165) is 20.8 Å². The number of hydrogen-bond donors (Lipinski definition) is 0. The summed E-state index contributed by atoms with van der Waals surface area (Å²) in [6, 6.07) is 0. The molecule has 56 valence electrons. The van der Waals surface area contributed by atoms with Crippen molar-refractivity contribution in [2.24, 2.45) is 0 Å². The van der Waals surface area contributed by atoms with Gasteiger partial charge in [0.05, 0.1) is 18.4 Å². The zero-order chi connectivity index (χ0) is 7.40. The Kier molecular flexibility index (Phi) is 2.82. The van der Waals surface area contributed by atoms with Crippen molar-refractivity contribution in [1.29, 1.82) is 0 Å². The van der Waals surface area contributed by atoms with E-state index in [2.05, 4.69) is 16.9 Å². The number of rotatable bonds is 3. The first-order valence-electron chi connectivity index (χ1n) is 3.34. The normalized spacial score (nSPS) is 11.4. The largest absolute Gasteiger partial charge is 0.184 e. The van der Waals surface area contributed by atoms with Gasteiger partial charge in [0.15, 0.2) is 0 Å². The van der Waals surface area contributed by atoms with Crippen LogP contribution in [0.2, 0.25) is 0 Å². The Bertz CT molecular complexity index is 197. The zero-order valence-electron chi connectivity index (χ0n) is 6.33. The fraction of sp³-hybridized carbons (Fsp3) is 0.667. The molecular formula is C6H12N3P. The third-order valence-electron chi connectivity index (χ3n) is 1.21. The number of aryl methyl sites for hydroxylation is 2. The SMILES string of the molecule is CPCCn1ncc(C)n1. The molecule has 0 fully saturated rings. The molecule has 1 aromatic rings. The molecule has 3 nitrogen and oxygen atoms in total. The number of nitrogens with zero attached hydrogens (tertiary/aromatic N) is 3. The summed E-state index contributed by atoms with van der Waals surface area (Å²) in [5, 5.41) is 8.22. The first-order chi connectivity index (χ1) is 4.83. The maximum Gasteiger partial charge on any atom is 0.0796 e. The average Bonchev–Trinajstić information content (AvgIpc) is 2.31. The Morgan fingerprint density at radius 3 is 3.00 bits per heavy atom. The van der Waals surface area contributed by atoms with Crippen molar-refractivity contribution in [2.45, 2.75) is 13.5 Å². The third-order valence-corrected chi connectivity index (χ3v) is 1.94. The van der Waals surface area contributed by atoms with Gasteiger partial charge in [0.2, 0.25) is 0 Å². The van der Waals surface area contributed by atoms with Gasteiger partial charge in [0.1, 0.15) is 0 Å². The lowest BCUT2D eigenvalue weighted by Gasteiger charge is -1.94. The van der Waals surface area contributed by atoms with E-state index in [0.29, 0.717) is 0 Å². The topological polar surface area (TPSA) is 30.7 Å². The van der Waals surface area contributed by atoms with Crippen molar-refractivity contribution in [3.8, 4) is 0 Å². The van der Waals surface area contributed by atoms with Gasteiger partial charge in [0, 0.05) is 0 Å². The lowest BCUT2D eigenvalue weighted by molar-refractivity contribution is 0.571. The molecule has 0 radical (unpaired) electrons. The predicted octanol–water partition coefficient (Wildman–Crippen LogP) is 0.895. The summed E-state index contributed by atoms with van der Waals surface area (Å²) in [5.41, 5.74) is 0.999. The summed E-state index contributed by atoms with van der Waals surface area (Å²) < 4.78 is 0. The molecule has 0 aliphatic rings. The van der Waals surface area contributed by atoms with Gasteiger partial charge in [-0.25, -0.2) is 0 Å². The van der Waals surface area contributed by atoms with Gasteiger partial charge in [-0.1, -0.05) is 0 Å². The second-order valence-corrected chi connectivity index (χ2v) is 3.39. The van der Waals surface area contributed by atoms with Crippen LogP contribution in [0.4, 0.5) is 0 Å². The molecule has 0 saturated heterocycles. The molecule has 0 spiro atoms. The molecule has 1 unspecified atom stereocenters. The monoisotopic (exact) mass is 157 g/mol. The minimum atomic E-state index is 0.961. The molecular weight excluding hydrogens is 145 g/mol. The Morgan fingerprint density at radius 2 is 2.50 bits per heavy atom. The Labute approximate surface area is 62.6 Å². The van der Waals surface area contributed by atoms with Crippen LogP contribution < -0.4 is 0 Å². The molecule has 4 heteroatoms. The van der Waals surface area contributed by atoms with Crippen LogP contribution in [0.15, 0.2) is 6.20 Å². The molecule has 1 atom stereocenters. The molecule has 1 aromatic heterocycles. The summed E-state index contributed by atoms with van der Waals surface area (Å²) in [7, 11) is 0.992. The summed E-state index contributed by atoms with van der Waals surface area (Å²) in [6.07, 6.45) is 2.98. The van der Waals surface area contributed by atoms with Crippen molar-refractivity contribution in [3.05, 3.63) is 11.9 Å². The van der Waals surface area contributed by atoms with Crippen LogP contribution in [0.5, 0.6) is 0 Å². The summed E-state index contributed by atoms with van der Waals surface area (Å²) in [4.78, 5) is 1.76. The fourth-order valence-electron chi connectivity index (χ4n) is 0.703. The number of hydrogen-bond acceptors (Lipinski definition) is 2. The fourth-order valence-corrected chi connectivity index (χ4v) is 1.13. The van der Waals surface area contributed by atoms with E-state index >= 15 is 0 Å². The minimum Gasteiger partial charge on any atom is -0.184 e. The summed E-state index contributed by atoms with van der Waals surface area (Å²) in [6.45, 7) is 5.11. The maximum atomic E-state index is 4.16. The smallest absolute Gasteiger partial charge is 0.0796 e. The predicted molar refractivity (Wildman–Crippen MR) is 43.9 cm³/mol. The van der Waals surface area contributed by atoms with Gasteiger partial charge in [-0.3, -0.25) is 0 Å². The Balaban J connectivity index is 2.42. The van der Waals surface area contributed by atoms with Crippen LogP contribution >= 0.6 is 8.58 Å². The minimum absolute atomic E-state index is 0.961. The van der Waals surface area contributed by atoms with Crippen LogP contribution in [0.25, 0.3) is 0 Å². The van der Waals surface area contributed by atoms with Crippen molar-refractivity contribution >= 4 is 8.58 Å². The van der Waals surface area contributed by atoms with Gasteiger partial charge in [-0.2, -0.15) is 15.0 Å². The van der Waals surface area contributed by atoms with E-state index in [1.165, 1.54) is 6.16 Å². The Hall–Kier alpha value is -0.430. The van der Waals surface area contributed by atoms with Gasteiger partial charge in [-0.15, -0.1) is 8.58 Å². The van der Waals surface area contributed by atoms with E-state index < -0.39 is 0 Å². The van der Waals surface area contributed by atoms with Crippen molar-refractivity contribution in [2.75, 3.05) is 12.8 Å². The van der Waals surface area contributed by atoms with E-state index in [-0.39, 0.29) is 0 Å². The third kappa shape index (κ3) is 2.07. The van der Waals surface area contributed by atoms with Crippen LogP contribution in [-0.2, 0) is 6.54 Å². The number of aromatic nitrogens is 3. The molecule has 0 bridgehead atoms. The van der Waals surface area contributed by atoms with E-state index in [9.17, 15) is 0 Å². The average molecular weight is 157 g/mol. The van der Waals surface area contributed by atoms with Gasteiger partial charge in [0.25, 0.3) is 0 Å². The molecule has 0 aliphatic carbocycles. The molecule has 0 amide bonds. The second-order valence-electron chi connectivity index (χ2n) is 2.19. The first-order valence-corrected chi connectivity index (χ1v) is 5.05. The maximum absolute atomic E-state index is 4.16. The van der Waals surface area contributed by atoms with E-state index in [4.69, 9.17) is 0 Å². The van der Waals surface area contributed by atoms with Gasteiger partial charge >= 0.3 is 0 Å². The standard InChI is InChI=1S/C6H12N3P/c1-6-5-7-9(8-6)3-4-10-2/h5,10H,3-4H2,1-2H3. The van der Waals surface area contributed by atoms with Crippen molar-refractivity contribution in [3.63, 3.8) is 0 Å². The molecule has 1 heterocycles. The van der Waals surface area contributed by atoms with Gasteiger partial charge < -0.3 is 0 Å². The molecule has 1 rings (SSSR count). The van der Waals surface area contributed by atoms with Crippen LogP contribution in [0, 0.1) is 6.92 Å². The van der Waals surface area contributed by atoms with Crippen LogP contribution in [0.1, 0.15) is 5.69 Å². The molecule has 0 saturated carbocycles. The summed E-state index contributed by atoms with van der Waals surface area (Å²) >= 11 is 0. The van der Waals surface area contributed by atoms with E-state index in [1.54, 1.807) is 11.0 Å².